The van der Waals surface area contributed by atoms with Crippen LogP contribution in [0.2, 0.25) is 0 Å². The summed E-state index contributed by atoms with van der Waals surface area (Å²) in [5.41, 5.74) is 1.41. The zero-order chi connectivity index (χ0) is 23.4. The Morgan fingerprint density at radius 3 is 2.55 bits per heavy atom. The quantitative estimate of drug-likeness (QED) is 0.366. The van der Waals surface area contributed by atoms with Gasteiger partial charge < -0.3 is 18.8 Å². The predicted octanol–water partition coefficient (Wildman–Crippen LogP) is 2.62. The van der Waals surface area contributed by atoms with Gasteiger partial charge in [0.1, 0.15) is 5.82 Å². The second-order valence-electron chi connectivity index (χ2n) is 7.56. The van der Waals surface area contributed by atoms with Gasteiger partial charge in [0.25, 0.3) is 0 Å². The lowest BCUT2D eigenvalue weighted by molar-refractivity contribution is -0.134. The van der Waals surface area contributed by atoms with Crippen LogP contribution in [0.4, 0.5) is 0 Å². The number of aryl methyl sites for hydroxylation is 2. The van der Waals surface area contributed by atoms with E-state index >= 15 is 0 Å². The van der Waals surface area contributed by atoms with Crippen LogP contribution in [-0.2, 0) is 32.5 Å². The van der Waals surface area contributed by atoms with E-state index in [0.717, 1.165) is 5.52 Å². The van der Waals surface area contributed by atoms with Crippen LogP contribution in [0.1, 0.15) is 19.2 Å². The second kappa shape index (κ2) is 9.90. The maximum atomic E-state index is 13.0. The Kier molecular flexibility index (Phi) is 6.96. The molecular weight excluding hydrogens is 446 g/mol. The molecule has 1 fully saturated rings. The smallest absolute Gasteiger partial charge is 0.311 e. The van der Waals surface area contributed by atoms with Gasteiger partial charge in [-0.1, -0.05) is 12.1 Å². The van der Waals surface area contributed by atoms with Crippen LogP contribution in [-0.4, -0.2) is 61.7 Å². The molecule has 33 heavy (non-hydrogen) atoms. The van der Waals surface area contributed by atoms with Crippen LogP contribution in [0.25, 0.3) is 11.0 Å². The highest BCUT2D eigenvalue weighted by molar-refractivity contribution is 7.89. The van der Waals surface area contributed by atoms with Crippen molar-refractivity contribution in [3.05, 3.63) is 48.3 Å². The maximum absolute atomic E-state index is 13.0. The van der Waals surface area contributed by atoms with Gasteiger partial charge in [-0.15, -0.1) is 0 Å². The van der Waals surface area contributed by atoms with Crippen molar-refractivity contribution in [2.45, 2.75) is 31.2 Å². The van der Waals surface area contributed by atoms with Crippen LogP contribution in [0, 0.1) is 0 Å². The molecule has 1 aliphatic rings. The number of hydrogen-bond acceptors (Lipinski definition) is 7. The lowest BCUT2D eigenvalue weighted by Crippen LogP contribution is -2.40. The molecule has 4 rings (SSSR count). The van der Waals surface area contributed by atoms with Gasteiger partial charge in [-0.2, -0.15) is 4.31 Å². The molecule has 0 spiro atoms. The topological polar surface area (TPSA) is 100.0 Å². The van der Waals surface area contributed by atoms with Crippen molar-refractivity contribution in [3.8, 4) is 11.5 Å². The van der Waals surface area contributed by atoms with Crippen LogP contribution in [0.15, 0.2) is 47.4 Å². The maximum Gasteiger partial charge on any atom is 0.311 e. The Hall–Kier alpha value is -2.95. The number of morpholine rings is 1. The summed E-state index contributed by atoms with van der Waals surface area (Å²) in [7, 11) is -2.10. The van der Waals surface area contributed by atoms with Crippen LogP contribution in [0.5, 0.6) is 11.5 Å². The van der Waals surface area contributed by atoms with Crippen molar-refractivity contribution >= 4 is 27.0 Å². The van der Waals surface area contributed by atoms with Crippen LogP contribution < -0.4 is 9.47 Å². The normalized spacial score (nSPS) is 15.0. The monoisotopic (exact) mass is 473 g/mol. The Bertz CT molecular complexity index is 1250. The minimum absolute atomic E-state index is 0.125. The van der Waals surface area contributed by atoms with Gasteiger partial charge >= 0.3 is 5.97 Å². The number of sulfonamides is 1. The molecule has 2 heterocycles. The number of carbonyl (C=O) groups excluding carboxylic acids is 1. The van der Waals surface area contributed by atoms with Crippen molar-refractivity contribution in [1.29, 1.82) is 0 Å². The summed E-state index contributed by atoms with van der Waals surface area (Å²) >= 11 is 0. The molecule has 0 radical (unpaired) electrons. The fraction of sp³-hybridized carbons (Fsp3) is 0.391. The minimum Gasteiger partial charge on any atom is -0.493 e. The number of esters is 1. The van der Waals surface area contributed by atoms with Gasteiger partial charge in [-0.3, -0.25) is 4.79 Å². The molecule has 2 aromatic carbocycles. The van der Waals surface area contributed by atoms with Gasteiger partial charge in [0.05, 0.1) is 42.7 Å². The first-order chi connectivity index (χ1) is 15.9. The SMILES string of the molecule is CCn1c(CCC(=O)Oc2ccccc2OC)nc2cc(S(=O)(=O)N3CCOCC3)ccc21. The summed E-state index contributed by atoms with van der Waals surface area (Å²) in [6.45, 7) is 4.08. The Balaban J connectivity index is 1.52. The van der Waals surface area contributed by atoms with Gasteiger partial charge in [0.2, 0.25) is 10.0 Å². The second-order valence-corrected chi connectivity index (χ2v) is 9.50. The Labute approximate surface area is 192 Å². The predicted molar refractivity (Wildman–Crippen MR) is 122 cm³/mol. The molecule has 1 saturated heterocycles. The fourth-order valence-electron chi connectivity index (χ4n) is 3.89. The third-order valence-electron chi connectivity index (χ3n) is 5.57. The van der Waals surface area contributed by atoms with Crippen molar-refractivity contribution in [3.63, 3.8) is 0 Å². The zero-order valence-electron chi connectivity index (χ0n) is 18.7. The number of benzene rings is 2. The number of para-hydroxylation sites is 2. The summed E-state index contributed by atoms with van der Waals surface area (Å²) in [5.74, 6) is 1.16. The summed E-state index contributed by atoms with van der Waals surface area (Å²) in [6.07, 6.45) is 0.488. The molecule has 0 atom stereocenters. The van der Waals surface area contributed by atoms with E-state index in [1.807, 2.05) is 11.5 Å². The molecular formula is C23H27N3O6S. The number of fused-ring (bicyclic) bond motifs is 1. The summed E-state index contributed by atoms with van der Waals surface area (Å²) < 4.78 is 45.3. The van der Waals surface area contributed by atoms with Gasteiger partial charge in [-0.25, -0.2) is 13.4 Å². The molecule has 1 aromatic heterocycles. The molecule has 9 nitrogen and oxygen atoms in total. The average molecular weight is 474 g/mol. The lowest BCUT2D eigenvalue weighted by Gasteiger charge is -2.26. The number of nitrogens with zero attached hydrogens (tertiary/aromatic N) is 3. The molecule has 0 unspecified atom stereocenters. The van der Waals surface area contributed by atoms with E-state index in [1.165, 1.54) is 11.4 Å². The Morgan fingerprint density at radius 1 is 1.12 bits per heavy atom. The van der Waals surface area contributed by atoms with Crippen molar-refractivity contribution in [2.24, 2.45) is 0 Å². The van der Waals surface area contributed by atoms with E-state index in [1.54, 1.807) is 42.5 Å². The number of methoxy groups -OCH3 is 1. The standard InChI is InChI=1S/C23H27N3O6S/c1-3-26-19-9-8-17(33(28,29)25-12-14-31-15-13-25)16-18(19)24-22(26)10-11-23(27)32-21-7-5-4-6-20(21)30-2/h4-9,16H,3,10-15H2,1-2H3. The average Bonchev–Trinajstić information content (AvgIpc) is 3.20. The highest BCUT2D eigenvalue weighted by atomic mass is 32.2. The zero-order valence-corrected chi connectivity index (χ0v) is 19.5. The highest BCUT2D eigenvalue weighted by Crippen LogP contribution is 2.27. The van der Waals surface area contributed by atoms with Crippen molar-refractivity contribution in [1.82, 2.24) is 13.9 Å². The van der Waals surface area contributed by atoms with E-state index < -0.39 is 16.0 Å². The highest BCUT2D eigenvalue weighted by Gasteiger charge is 2.27. The van der Waals surface area contributed by atoms with E-state index in [0.29, 0.717) is 62.1 Å². The number of rotatable bonds is 8. The van der Waals surface area contributed by atoms with Crippen molar-refractivity contribution in [2.75, 3.05) is 33.4 Å². The minimum atomic E-state index is -3.61. The van der Waals surface area contributed by atoms with Gasteiger partial charge in [-0.05, 0) is 37.3 Å². The molecule has 0 aliphatic carbocycles. The third-order valence-corrected chi connectivity index (χ3v) is 7.46. The molecule has 0 N–H and O–H groups in total. The molecule has 176 valence electrons. The number of aromatic nitrogens is 2. The molecule has 3 aromatic rings. The largest absolute Gasteiger partial charge is 0.493 e. The van der Waals surface area contributed by atoms with E-state index in [4.69, 9.17) is 14.2 Å². The molecule has 0 bridgehead atoms. The number of carbonyl (C=O) groups is 1. The first-order valence-corrected chi connectivity index (χ1v) is 12.3. The summed E-state index contributed by atoms with van der Waals surface area (Å²) in [5, 5.41) is 0. The molecule has 0 saturated carbocycles. The summed E-state index contributed by atoms with van der Waals surface area (Å²) in [6, 6.07) is 12.0. The molecule has 0 amide bonds. The van der Waals surface area contributed by atoms with Gasteiger partial charge in [0, 0.05) is 26.1 Å². The van der Waals surface area contributed by atoms with E-state index in [-0.39, 0.29) is 11.3 Å². The number of imidazole rings is 1. The van der Waals surface area contributed by atoms with Crippen LogP contribution >= 0.6 is 0 Å². The third kappa shape index (κ3) is 4.87. The van der Waals surface area contributed by atoms with E-state index in [9.17, 15) is 13.2 Å². The van der Waals surface area contributed by atoms with Crippen LogP contribution in [0.3, 0.4) is 0 Å². The lowest BCUT2D eigenvalue weighted by atomic mass is 10.3. The Morgan fingerprint density at radius 2 is 1.85 bits per heavy atom. The first-order valence-electron chi connectivity index (χ1n) is 10.8. The van der Waals surface area contributed by atoms with Gasteiger partial charge in [0.15, 0.2) is 11.5 Å². The molecule has 10 heteroatoms. The van der Waals surface area contributed by atoms with Crippen molar-refractivity contribution < 1.29 is 27.4 Å². The summed E-state index contributed by atoms with van der Waals surface area (Å²) in [4.78, 5) is 17.3. The van der Waals surface area contributed by atoms with E-state index in [2.05, 4.69) is 4.98 Å². The fourth-order valence-corrected chi connectivity index (χ4v) is 5.32. The molecule has 1 aliphatic heterocycles. The number of hydrogen-bond donors (Lipinski definition) is 0. The first kappa shape index (κ1) is 23.2. The number of ether oxygens (including phenoxy) is 3.